The first-order valence-electron chi connectivity index (χ1n) is 11.1. The summed E-state index contributed by atoms with van der Waals surface area (Å²) in [6, 6.07) is 22.8. The second kappa shape index (κ2) is 12.2. The van der Waals surface area contributed by atoms with E-state index in [1.807, 2.05) is 79.1 Å². The van der Waals surface area contributed by atoms with E-state index in [1.165, 1.54) is 11.8 Å². The van der Waals surface area contributed by atoms with Gasteiger partial charge in [-0.05, 0) is 80.1 Å². The van der Waals surface area contributed by atoms with Crippen molar-refractivity contribution in [3.63, 3.8) is 0 Å². The molecule has 0 aliphatic heterocycles. The van der Waals surface area contributed by atoms with Crippen molar-refractivity contribution in [2.24, 2.45) is 5.10 Å². The maximum atomic E-state index is 12.6. The van der Waals surface area contributed by atoms with Gasteiger partial charge in [-0.15, -0.1) is 10.2 Å². The lowest BCUT2D eigenvalue weighted by Crippen LogP contribution is -2.21. The Hall–Kier alpha value is -3.14. The molecule has 0 aliphatic rings. The fourth-order valence-electron chi connectivity index (χ4n) is 3.33. The highest BCUT2D eigenvalue weighted by atomic mass is 79.9. The molecule has 0 saturated heterocycles. The minimum atomic E-state index is -0.247. The van der Waals surface area contributed by atoms with Crippen LogP contribution in [0.3, 0.4) is 0 Å². The van der Waals surface area contributed by atoms with Crippen LogP contribution in [-0.4, -0.2) is 38.7 Å². The Labute approximate surface area is 227 Å². The van der Waals surface area contributed by atoms with E-state index in [2.05, 4.69) is 36.7 Å². The predicted octanol–water partition coefficient (Wildman–Crippen LogP) is 6.38. The molecule has 184 valence electrons. The van der Waals surface area contributed by atoms with Gasteiger partial charge < -0.3 is 4.74 Å². The van der Waals surface area contributed by atoms with Crippen molar-refractivity contribution in [1.82, 2.24) is 20.2 Å². The summed E-state index contributed by atoms with van der Waals surface area (Å²) < 4.78 is 8.43. The number of aromatic nitrogens is 3. The Bertz CT molecular complexity index is 1370. The second-order valence-corrected chi connectivity index (χ2v) is 9.90. The number of hydrogen-bond acceptors (Lipinski definition) is 6. The SMILES string of the molecule is CCOc1ccc(-n2c(SCC(=O)N/N=C(/C)c3cccc(Br)c3)nnc2-c2ccc(Cl)cc2)cc1. The zero-order chi connectivity index (χ0) is 25.5. The fraction of sp³-hybridized carbons (Fsp3) is 0.154. The van der Waals surface area contributed by atoms with Gasteiger partial charge in [-0.2, -0.15) is 5.10 Å². The summed E-state index contributed by atoms with van der Waals surface area (Å²) in [5, 5.41) is 14.2. The van der Waals surface area contributed by atoms with Crippen LogP contribution in [0.1, 0.15) is 19.4 Å². The molecule has 1 heterocycles. The van der Waals surface area contributed by atoms with E-state index in [0.29, 0.717) is 28.3 Å². The number of nitrogens with one attached hydrogen (secondary N) is 1. The van der Waals surface area contributed by atoms with E-state index in [0.717, 1.165) is 27.0 Å². The van der Waals surface area contributed by atoms with Crippen molar-refractivity contribution < 1.29 is 9.53 Å². The lowest BCUT2D eigenvalue weighted by Gasteiger charge is -2.11. The molecule has 0 spiro atoms. The molecule has 1 aromatic heterocycles. The number of rotatable bonds is 9. The summed E-state index contributed by atoms with van der Waals surface area (Å²) >= 11 is 10.8. The van der Waals surface area contributed by atoms with Crippen LogP contribution in [0, 0.1) is 0 Å². The van der Waals surface area contributed by atoms with Gasteiger partial charge >= 0.3 is 0 Å². The van der Waals surface area contributed by atoms with Crippen molar-refractivity contribution in [1.29, 1.82) is 0 Å². The first-order chi connectivity index (χ1) is 17.4. The smallest absolute Gasteiger partial charge is 0.250 e. The lowest BCUT2D eigenvalue weighted by atomic mass is 10.1. The average molecular weight is 585 g/mol. The monoisotopic (exact) mass is 583 g/mol. The quantitative estimate of drug-likeness (QED) is 0.140. The lowest BCUT2D eigenvalue weighted by molar-refractivity contribution is -0.118. The van der Waals surface area contributed by atoms with E-state index >= 15 is 0 Å². The van der Waals surface area contributed by atoms with Crippen LogP contribution in [0.4, 0.5) is 0 Å². The Morgan fingerprint density at radius 3 is 2.56 bits per heavy atom. The van der Waals surface area contributed by atoms with E-state index in [4.69, 9.17) is 16.3 Å². The van der Waals surface area contributed by atoms with Crippen molar-refractivity contribution in [3.05, 3.63) is 87.9 Å². The standard InChI is InChI=1S/C26H23BrClN5O2S/c1-3-35-23-13-11-22(12-14-23)33-25(18-7-9-21(28)10-8-18)31-32-26(33)36-16-24(34)30-29-17(2)19-5-4-6-20(27)15-19/h4-15H,3,16H2,1-2H3,(H,30,34)/b29-17-. The molecule has 4 rings (SSSR count). The molecule has 0 aliphatic carbocycles. The molecule has 0 atom stereocenters. The number of ether oxygens (including phenoxy) is 1. The van der Waals surface area contributed by atoms with Gasteiger partial charge in [-0.3, -0.25) is 9.36 Å². The third-order valence-corrected chi connectivity index (χ3v) is 6.74. The summed E-state index contributed by atoms with van der Waals surface area (Å²) in [6.07, 6.45) is 0. The molecular formula is C26H23BrClN5O2S. The maximum Gasteiger partial charge on any atom is 0.250 e. The van der Waals surface area contributed by atoms with E-state index in [9.17, 15) is 4.79 Å². The highest BCUT2D eigenvalue weighted by molar-refractivity contribution is 9.10. The van der Waals surface area contributed by atoms with Gasteiger partial charge in [0, 0.05) is 20.7 Å². The maximum absolute atomic E-state index is 12.6. The van der Waals surface area contributed by atoms with Crippen LogP contribution in [0.2, 0.25) is 5.02 Å². The van der Waals surface area contributed by atoms with Gasteiger partial charge in [-0.1, -0.05) is 51.4 Å². The molecule has 0 unspecified atom stereocenters. The number of amides is 1. The third kappa shape index (κ3) is 6.54. The second-order valence-electron chi connectivity index (χ2n) is 7.61. The van der Waals surface area contributed by atoms with Gasteiger partial charge in [-0.25, -0.2) is 5.43 Å². The topological polar surface area (TPSA) is 81.4 Å². The largest absolute Gasteiger partial charge is 0.494 e. The molecule has 0 fully saturated rings. The number of halogens is 2. The minimum Gasteiger partial charge on any atom is -0.494 e. The Balaban J connectivity index is 1.54. The van der Waals surface area contributed by atoms with Gasteiger partial charge in [0.05, 0.1) is 18.1 Å². The number of carbonyl (C=O) groups is 1. The van der Waals surface area contributed by atoms with Gasteiger partial charge in [0.25, 0.3) is 5.91 Å². The van der Waals surface area contributed by atoms with Crippen LogP contribution in [0.15, 0.2) is 87.5 Å². The number of hydrogen-bond donors (Lipinski definition) is 1. The van der Waals surface area contributed by atoms with E-state index in [1.54, 1.807) is 12.1 Å². The molecule has 36 heavy (non-hydrogen) atoms. The Kier molecular flexibility index (Phi) is 8.79. The highest BCUT2D eigenvalue weighted by Gasteiger charge is 2.17. The van der Waals surface area contributed by atoms with Crippen LogP contribution in [0.25, 0.3) is 17.1 Å². The molecule has 4 aromatic rings. The summed E-state index contributed by atoms with van der Waals surface area (Å²) in [7, 11) is 0. The van der Waals surface area contributed by atoms with Crippen molar-refractivity contribution in [2.75, 3.05) is 12.4 Å². The van der Waals surface area contributed by atoms with E-state index in [-0.39, 0.29) is 11.7 Å². The first kappa shape index (κ1) is 25.9. The summed E-state index contributed by atoms with van der Waals surface area (Å²) in [5.41, 5.74) is 5.94. The van der Waals surface area contributed by atoms with Crippen molar-refractivity contribution in [3.8, 4) is 22.8 Å². The van der Waals surface area contributed by atoms with Crippen LogP contribution < -0.4 is 10.2 Å². The molecule has 1 N–H and O–H groups in total. The number of carbonyl (C=O) groups excluding carboxylic acids is 1. The minimum absolute atomic E-state index is 0.116. The molecule has 0 radical (unpaired) electrons. The Morgan fingerprint density at radius 1 is 1.11 bits per heavy atom. The van der Waals surface area contributed by atoms with Gasteiger partial charge in [0.1, 0.15) is 5.75 Å². The predicted molar refractivity (Wildman–Crippen MR) is 148 cm³/mol. The van der Waals surface area contributed by atoms with Gasteiger partial charge in [0.2, 0.25) is 0 Å². The van der Waals surface area contributed by atoms with Crippen LogP contribution in [0.5, 0.6) is 5.75 Å². The van der Waals surface area contributed by atoms with Gasteiger partial charge in [0.15, 0.2) is 11.0 Å². The molecule has 1 amide bonds. The zero-order valence-electron chi connectivity index (χ0n) is 19.6. The molecule has 7 nitrogen and oxygen atoms in total. The van der Waals surface area contributed by atoms with Crippen LogP contribution >= 0.6 is 39.3 Å². The summed E-state index contributed by atoms with van der Waals surface area (Å²) in [5.74, 6) is 1.28. The van der Waals surface area contributed by atoms with E-state index < -0.39 is 0 Å². The number of thioether (sulfide) groups is 1. The number of nitrogens with zero attached hydrogens (tertiary/aromatic N) is 4. The molecule has 0 saturated carbocycles. The number of benzene rings is 3. The average Bonchev–Trinajstić information content (AvgIpc) is 3.31. The van der Waals surface area contributed by atoms with Crippen LogP contribution in [-0.2, 0) is 4.79 Å². The Morgan fingerprint density at radius 2 is 1.86 bits per heavy atom. The fourth-order valence-corrected chi connectivity index (χ4v) is 4.60. The highest BCUT2D eigenvalue weighted by Crippen LogP contribution is 2.29. The summed E-state index contributed by atoms with van der Waals surface area (Å²) in [6.45, 7) is 4.37. The van der Waals surface area contributed by atoms with Crippen molar-refractivity contribution >= 4 is 50.9 Å². The first-order valence-corrected chi connectivity index (χ1v) is 13.3. The molecule has 0 bridgehead atoms. The zero-order valence-corrected chi connectivity index (χ0v) is 22.8. The molecule has 3 aromatic carbocycles. The third-order valence-electron chi connectivity index (χ3n) is 5.06. The molecule has 10 heteroatoms. The van der Waals surface area contributed by atoms with Crippen molar-refractivity contribution in [2.45, 2.75) is 19.0 Å². The molecular weight excluding hydrogens is 562 g/mol. The summed E-state index contributed by atoms with van der Waals surface area (Å²) in [4.78, 5) is 12.6. The number of hydrazone groups is 1. The normalized spacial score (nSPS) is 11.4.